The van der Waals surface area contributed by atoms with Crippen LogP contribution in [0, 0.1) is 0 Å². The van der Waals surface area contributed by atoms with Crippen molar-refractivity contribution in [2.75, 3.05) is 27.4 Å². The number of rotatable bonds is 9. The van der Waals surface area contributed by atoms with Crippen molar-refractivity contribution in [1.82, 2.24) is 10.4 Å². The first-order valence-corrected chi connectivity index (χ1v) is 9.27. The predicted molar refractivity (Wildman–Crippen MR) is 113 cm³/mol. The van der Waals surface area contributed by atoms with Crippen molar-refractivity contribution in [1.29, 1.82) is 0 Å². The normalized spacial score (nSPS) is 10.6. The van der Waals surface area contributed by atoms with Gasteiger partial charge in [-0.05, 0) is 35.9 Å². The van der Waals surface area contributed by atoms with Gasteiger partial charge < -0.3 is 18.9 Å². The summed E-state index contributed by atoms with van der Waals surface area (Å²) in [6.45, 7) is -0.445. The third-order valence-corrected chi connectivity index (χ3v) is 4.12. The van der Waals surface area contributed by atoms with Gasteiger partial charge in [-0.3, -0.25) is 9.78 Å². The number of para-hydroxylation sites is 1. The summed E-state index contributed by atoms with van der Waals surface area (Å²) in [5, 5.41) is 4.84. The van der Waals surface area contributed by atoms with Gasteiger partial charge in [0.1, 0.15) is 11.3 Å². The second kappa shape index (κ2) is 10.6. The monoisotopic (exact) mass is 423 g/mol. The molecule has 1 aromatic heterocycles. The second-order valence-corrected chi connectivity index (χ2v) is 6.19. The SMILES string of the molecule is COC(=O)COc1ccc(C=NNC(=O)COc2cccc3cccnc23)cc1OC. The van der Waals surface area contributed by atoms with Crippen LogP contribution in [0.3, 0.4) is 0 Å². The van der Waals surface area contributed by atoms with Crippen LogP contribution in [0.5, 0.6) is 17.2 Å². The fraction of sp³-hybridized carbons (Fsp3) is 0.182. The number of nitrogens with one attached hydrogen (secondary N) is 1. The number of ether oxygens (including phenoxy) is 4. The summed E-state index contributed by atoms with van der Waals surface area (Å²) in [4.78, 5) is 27.5. The Morgan fingerprint density at radius 3 is 2.61 bits per heavy atom. The molecule has 3 aromatic rings. The fourth-order valence-electron chi connectivity index (χ4n) is 2.63. The van der Waals surface area contributed by atoms with Gasteiger partial charge in [0.25, 0.3) is 5.91 Å². The van der Waals surface area contributed by atoms with Crippen LogP contribution >= 0.6 is 0 Å². The lowest BCUT2D eigenvalue weighted by atomic mass is 10.2. The molecule has 0 bridgehead atoms. The maximum Gasteiger partial charge on any atom is 0.343 e. The highest BCUT2D eigenvalue weighted by Gasteiger charge is 2.09. The largest absolute Gasteiger partial charge is 0.493 e. The summed E-state index contributed by atoms with van der Waals surface area (Å²) >= 11 is 0. The smallest absolute Gasteiger partial charge is 0.343 e. The molecule has 0 radical (unpaired) electrons. The summed E-state index contributed by atoms with van der Waals surface area (Å²) in [6, 6.07) is 14.2. The first-order valence-electron chi connectivity index (χ1n) is 9.27. The highest BCUT2D eigenvalue weighted by Crippen LogP contribution is 2.27. The number of methoxy groups -OCH3 is 2. The molecule has 9 heteroatoms. The average molecular weight is 423 g/mol. The van der Waals surface area contributed by atoms with E-state index in [4.69, 9.17) is 14.2 Å². The number of fused-ring (bicyclic) bond motifs is 1. The number of hydrazone groups is 1. The number of pyridine rings is 1. The zero-order valence-electron chi connectivity index (χ0n) is 17.0. The number of nitrogens with zero attached hydrogens (tertiary/aromatic N) is 2. The average Bonchev–Trinajstić information content (AvgIpc) is 2.81. The Bertz CT molecular complexity index is 1090. The van der Waals surface area contributed by atoms with E-state index in [1.54, 1.807) is 30.5 Å². The zero-order valence-corrected chi connectivity index (χ0v) is 17.0. The van der Waals surface area contributed by atoms with Gasteiger partial charge in [-0.15, -0.1) is 0 Å². The van der Waals surface area contributed by atoms with Crippen molar-refractivity contribution in [3.05, 3.63) is 60.3 Å². The summed E-state index contributed by atoms with van der Waals surface area (Å²) in [5.41, 5.74) is 3.74. The number of esters is 1. The Balaban J connectivity index is 1.54. The molecule has 0 aliphatic rings. The van der Waals surface area contributed by atoms with Crippen LogP contribution in [0.15, 0.2) is 59.8 Å². The van der Waals surface area contributed by atoms with E-state index in [9.17, 15) is 9.59 Å². The van der Waals surface area contributed by atoms with Crippen LogP contribution in [0.25, 0.3) is 10.9 Å². The van der Waals surface area contributed by atoms with Gasteiger partial charge >= 0.3 is 5.97 Å². The topological polar surface area (TPSA) is 108 Å². The van der Waals surface area contributed by atoms with Crippen molar-refractivity contribution in [2.24, 2.45) is 5.10 Å². The molecule has 0 aliphatic carbocycles. The Morgan fingerprint density at radius 1 is 1.00 bits per heavy atom. The predicted octanol–water partition coefficient (Wildman–Crippen LogP) is 2.32. The number of benzene rings is 2. The van der Waals surface area contributed by atoms with Crippen LogP contribution in [-0.2, 0) is 14.3 Å². The summed E-state index contributed by atoms with van der Waals surface area (Å²) in [7, 11) is 2.75. The van der Waals surface area contributed by atoms with Crippen LogP contribution in [0.1, 0.15) is 5.56 Å². The Morgan fingerprint density at radius 2 is 1.81 bits per heavy atom. The van der Waals surface area contributed by atoms with Gasteiger partial charge in [0, 0.05) is 11.6 Å². The molecule has 0 saturated heterocycles. The van der Waals surface area contributed by atoms with Gasteiger partial charge in [0.2, 0.25) is 0 Å². The summed E-state index contributed by atoms with van der Waals surface area (Å²) in [5.74, 6) is 0.382. The highest BCUT2D eigenvalue weighted by atomic mass is 16.6. The zero-order chi connectivity index (χ0) is 22.1. The molecule has 0 fully saturated rings. The van der Waals surface area contributed by atoms with E-state index >= 15 is 0 Å². The molecule has 1 heterocycles. The molecule has 0 aliphatic heterocycles. The van der Waals surface area contributed by atoms with E-state index in [1.165, 1.54) is 20.4 Å². The lowest BCUT2D eigenvalue weighted by Crippen LogP contribution is -2.24. The van der Waals surface area contributed by atoms with E-state index in [-0.39, 0.29) is 13.2 Å². The first kappa shape index (κ1) is 21.6. The Kier molecular flexibility index (Phi) is 7.36. The molecule has 9 nitrogen and oxygen atoms in total. The molecular weight excluding hydrogens is 402 g/mol. The van der Waals surface area contributed by atoms with Gasteiger partial charge in [-0.2, -0.15) is 5.10 Å². The van der Waals surface area contributed by atoms with Crippen molar-refractivity contribution in [3.8, 4) is 17.2 Å². The van der Waals surface area contributed by atoms with Crippen molar-refractivity contribution in [3.63, 3.8) is 0 Å². The number of carbonyl (C=O) groups excluding carboxylic acids is 2. The number of aromatic nitrogens is 1. The lowest BCUT2D eigenvalue weighted by Gasteiger charge is -2.10. The molecule has 0 spiro atoms. The van der Waals surface area contributed by atoms with Gasteiger partial charge in [-0.1, -0.05) is 18.2 Å². The van der Waals surface area contributed by atoms with Crippen LogP contribution < -0.4 is 19.6 Å². The molecule has 1 amide bonds. The maximum absolute atomic E-state index is 12.0. The van der Waals surface area contributed by atoms with E-state index < -0.39 is 11.9 Å². The van der Waals surface area contributed by atoms with Gasteiger partial charge in [-0.25, -0.2) is 10.2 Å². The molecule has 31 heavy (non-hydrogen) atoms. The number of hydrogen-bond acceptors (Lipinski definition) is 8. The van der Waals surface area contributed by atoms with E-state index in [0.717, 1.165) is 5.39 Å². The molecule has 1 N–H and O–H groups in total. The highest BCUT2D eigenvalue weighted by molar-refractivity contribution is 5.86. The van der Waals surface area contributed by atoms with E-state index in [0.29, 0.717) is 28.3 Å². The molecule has 3 rings (SSSR count). The van der Waals surface area contributed by atoms with Crippen molar-refractivity contribution >= 4 is 29.0 Å². The molecule has 0 atom stereocenters. The van der Waals surface area contributed by atoms with Crippen molar-refractivity contribution < 1.29 is 28.5 Å². The Labute approximate surface area is 178 Å². The standard InChI is InChI=1S/C22H21N3O6/c1-28-19-11-15(8-9-17(19)31-14-21(27)29-2)12-24-25-20(26)13-30-18-7-3-5-16-6-4-10-23-22(16)18/h3-12H,13-14H2,1-2H3,(H,25,26). The second-order valence-electron chi connectivity index (χ2n) is 6.19. The van der Waals surface area contributed by atoms with Crippen LogP contribution in [-0.4, -0.2) is 50.5 Å². The number of amides is 1. The fourth-order valence-corrected chi connectivity index (χ4v) is 2.63. The number of hydrogen-bond donors (Lipinski definition) is 1. The molecule has 160 valence electrons. The van der Waals surface area contributed by atoms with Crippen molar-refractivity contribution in [2.45, 2.75) is 0 Å². The molecule has 0 unspecified atom stereocenters. The maximum atomic E-state index is 12.0. The van der Waals surface area contributed by atoms with E-state index in [2.05, 4.69) is 20.2 Å². The summed E-state index contributed by atoms with van der Waals surface area (Å²) in [6.07, 6.45) is 3.11. The lowest BCUT2D eigenvalue weighted by molar-refractivity contribution is -0.142. The third kappa shape index (κ3) is 5.92. The van der Waals surface area contributed by atoms with Crippen LogP contribution in [0.4, 0.5) is 0 Å². The minimum atomic E-state index is -0.503. The van der Waals surface area contributed by atoms with Gasteiger partial charge in [0.15, 0.2) is 24.7 Å². The molecular formula is C22H21N3O6. The molecule has 0 saturated carbocycles. The van der Waals surface area contributed by atoms with Crippen LogP contribution in [0.2, 0.25) is 0 Å². The summed E-state index contributed by atoms with van der Waals surface area (Å²) < 4.78 is 20.7. The third-order valence-electron chi connectivity index (χ3n) is 4.12. The first-order chi connectivity index (χ1) is 15.1. The Hall–Kier alpha value is -4.14. The number of carbonyl (C=O) groups is 2. The quantitative estimate of drug-likeness (QED) is 0.320. The minimum Gasteiger partial charge on any atom is -0.493 e. The molecule has 2 aromatic carbocycles. The van der Waals surface area contributed by atoms with Gasteiger partial charge in [0.05, 0.1) is 20.4 Å². The van der Waals surface area contributed by atoms with E-state index in [1.807, 2.05) is 24.3 Å². The minimum absolute atomic E-state index is 0.212.